The van der Waals surface area contributed by atoms with Crippen LogP contribution in [0, 0.1) is 0 Å². The van der Waals surface area contributed by atoms with Gasteiger partial charge in [-0.15, -0.1) is 11.8 Å². The van der Waals surface area contributed by atoms with E-state index >= 15 is 0 Å². The topological polar surface area (TPSA) is 34.1 Å². The van der Waals surface area contributed by atoms with Crippen LogP contribution in [0.1, 0.15) is 6.92 Å². The molecule has 1 unspecified atom stereocenters. The van der Waals surface area contributed by atoms with Gasteiger partial charge in [-0.05, 0) is 6.92 Å². The Kier molecular flexibility index (Phi) is 1.38. The van der Waals surface area contributed by atoms with E-state index in [9.17, 15) is 9.59 Å². The Bertz CT molecular complexity index is 141. The molecule has 0 amide bonds. The minimum absolute atomic E-state index is 0.0810. The van der Waals surface area contributed by atoms with Gasteiger partial charge in [0.1, 0.15) is 0 Å². The Labute approximate surface area is 51.6 Å². The quantitative estimate of drug-likeness (QED) is 0.441. The molecule has 44 valence electrons. The number of rotatable bonds is 0. The molecule has 0 aliphatic carbocycles. The predicted octanol–water partition coefficient (Wildman–Crippen LogP) is 0.260. The maximum Gasteiger partial charge on any atom is 0.211 e. The Balaban J connectivity index is 2.71. The average molecular weight is 130 g/mol. The van der Waals surface area contributed by atoms with E-state index in [0.29, 0.717) is 5.75 Å². The number of thioether (sulfide) groups is 1. The molecule has 1 rings (SSSR count). The van der Waals surface area contributed by atoms with Gasteiger partial charge in [0, 0.05) is 0 Å². The molecule has 2 nitrogen and oxygen atoms in total. The van der Waals surface area contributed by atoms with Crippen LogP contribution in [-0.4, -0.2) is 22.6 Å². The maximum atomic E-state index is 10.5. The first-order valence-corrected chi connectivity index (χ1v) is 3.45. The number of ketones is 2. The third-order valence-corrected chi connectivity index (χ3v) is 2.25. The predicted molar refractivity (Wildman–Crippen MR) is 31.9 cm³/mol. The van der Waals surface area contributed by atoms with E-state index in [4.69, 9.17) is 0 Å². The van der Waals surface area contributed by atoms with E-state index in [-0.39, 0.29) is 16.8 Å². The van der Waals surface area contributed by atoms with Crippen molar-refractivity contribution in [1.29, 1.82) is 0 Å². The van der Waals surface area contributed by atoms with Crippen LogP contribution in [-0.2, 0) is 9.59 Å². The molecule has 0 saturated carbocycles. The van der Waals surface area contributed by atoms with Crippen LogP contribution < -0.4 is 0 Å². The van der Waals surface area contributed by atoms with Gasteiger partial charge in [0.2, 0.25) is 11.6 Å². The van der Waals surface area contributed by atoms with Crippen LogP contribution in [0.15, 0.2) is 0 Å². The summed E-state index contributed by atoms with van der Waals surface area (Å²) in [6.07, 6.45) is 0. The monoisotopic (exact) mass is 130 g/mol. The van der Waals surface area contributed by atoms with Gasteiger partial charge in [0.05, 0.1) is 11.0 Å². The highest BCUT2D eigenvalue weighted by Gasteiger charge is 2.28. The fourth-order valence-electron chi connectivity index (χ4n) is 0.574. The van der Waals surface area contributed by atoms with Gasteiger partial charge in [0.25, 0.3) is 0 Å². The Morgan fingerprint density at radius 3 is 2.38 bits per heavy atom. The van der Waals surface area contributed by atoms with Crippen molar-refractivity contribution in [2.24, 2.45) is 0 Å². The molecule has 1 aliphatic heterocycles. The first kappa shape index (κ1) is 5.82. The van der Waals surface area contributed by atoms with Crippen molar-refractivity contribution in [2.75, 3.05) is 5.75 Å². The third kappa shape index (κ3) is 0.777. The second-order valence-corrected chi connectivity index (χ2v) is 3.07. The summed E-state index contributed by atoms with van der Waals surface area (Å²) >= 11 is 1.41. The van der Waals surface area contributed by atoms with Gasteiger partial charge in [-0.1, -0.05) is 0 Å². The molecule has 8 heavy (non-hydrogen) atoms. The van der Waals surface area contributed by atoms with Crippen molar-refractivity contribution >= 4 is 23.3 Å². The molecule has 0 radical (unpaired) electrons. The Morgan fingerprint density at radius 1 is 1.62 bits per heavy atom. The summed E-state index contributed by atoms with van der Waals surface area (Å²) in [6, 6.07) is 0. The van der Waals surface area contributed by atoms with Gasteiger partial charge in [-0.2, -0.15) is 0 Å². The number of Topliss-reactive ketones (excluding diaryl/α,β-unsaturated/α-hetero) is 2. The zero-order valence-electron chi connectivity index (χ0n) is 4.51. The van der Waals surface area contributed by atoms with Crippen molar-refractivity contribution < 1.29 is 9.59 Å². The fraction of sp³-hybridized carbons (Fsp3) is 0.600. The van der Waals surface area contributed by atoms with E-state index in [0.717, 1.165) is 0 Å². The summed E-state index contributed by atoms with van der Waals surface area (Å²) in [5.41, 5.74) is 0. The normalized spacial score (nSPS) is 29.4. The van der Waals surface area contributed by atoms with Gasteiger partial charge >= 0.3 is 0 Å². The van der Waals surface area contributed by atoms with Gasteiger partial charge in [-0.25, -0.2) is 0 Å². The minimum atomic E-state index is -0.220. The lowest BCUT2D eigenvalue weighted by Gasteiger charge is -1.89. The zero-order valence-corrected chi connectivity index (χ0v) is 5.33. The van der Waals surface area contributed by atoms with Crippen LogP contribution in [0.2, 0.25) is 0 Å². The molecule has 1 heterocycles. The molecule has 0 bridgehead atoms. The van der Waals surface area contributed by atoms with Crippen molar-refractivity contribution in [3.05, 3.63) is 0 Å². The largest absolute Gasteiger partial charge is 0.290 e. The van der Waals surface area contributed by atoms with Gasteiger partial charge < -0.3 is 0 Å². The second kappa shape index (κ2) is 1.90. The summed E-state index contributed by atoms with van der Waals surface area (Å²) in [5.74, 6) is -0.0440. The van der Waals surface area contributed by atoms with E-state index in [1.807, 2.05) is 0 Å². The number of hydrogen-bond donors (Lipinski definition) is 0. The maximum absolute atomic E-state index is 10.5. The number of hydrogen-bond acceptors (Lipinski definition) is 3. The highest BCUT2D eigenvalue weighted by molar-refractivity contribution is 8.02. The highest BCUT2D eigenvalue weighted by atomic mass is 32.2. The molecular formula is C5H6O2S. The summed E-state index contributed by atoms with van der Waals surface area (Å²) < 4.78 is 0. The Morgan fingerprint density at radius 2 is 2.25 bits per heavy atom. The summed E-state index contributed by atoms with van der Waals surface area (Å²) in [5, 5.41) is -0.0810. The summed E-state index contributed by atoms with van der Waals surface area (Å²) in [7, 11) is 0. The molecule has 0 aromatic carbocycles. The van der Waals surface area contributed by atoms with E-state index < -0.39 is 0 Å². The van der Waals surface area contributed by atoms with Crippen LogP contribution >= 0.6 is 11.8 Å². The molecule has 0 spiro atoms. The molecular weight excluding hydrogens is 124 g/mol. The van der Waals surface area contributed by atoms with Crippen molar-refractivity contribution in [3.63, 3.8) is 0 Å². The van der Waals surface area contributed by atoms with E-state index in [1.165, 1.54) is 11.8 Å². The van der Waals surface area contributed by atoms with Crippen molar-refractivity contribution in [1.82, 2.24) is 0 Å². The van der Waals surface area contributed by atoms with Crippen molar-refractivity contribution in [3.8, 4) is 0 Å². The lowest BCUT2D eigenvalue weighted by molar-refractivity contribution is -0.133. The molecule has 1 saturated heterocycles. The second-order valence-electron chi connectivity index (χ2n) is 1.74. The molecule has 0 N–H and O–H groups in total. The first-order valence-electron chi connectivity index (χ1n) is 2.40. The summed E-state index contributed by atoms with van der Waals surface area (Å²) in [4.78, 5) is 20.9. The molecule has 1 atom stereocenters. The van der Waals surface area contributed by atoms with E-state index in [1.54, 1.807) is 6.92 Å². The van der Waals surface area contributed by atoms with Gasteiger partial charge in [-0.3, -0.25) is 9.59 Å². The standard InChI is InChI=1S/C5H6O2S/c1-3-5(7)4(6)2-8-3/h3H,2H2,1H3. The lowest BCUT2D eigenvalue weighted by atomic mass is 10.2. The van der Waals surface area contributed by atoms with Crippen LogP contribution in [0.5, 0.6) is 0 Å². The molecule has 3 heteroatoms. The molecule has 1 fully saturated rings. The Hall–Kier alpha value is -0.310. The molecule has 0 aromatic rings. The molecule has 1 aliphatic rings. The third-order valence-electron chi connectivity index (χ3n) is 1.11. The number of carbonyl (C=O) groups is 2. The van der Waals surface area contributed by atoms with Crippen molar-refractivity contribution in [2.45, 2.75) is 12.2 Å². The zero-order chi connectivity index (χ0) is 6.15. The fourth-order valence-corrected chi connectivity index (χ4v) is 1.40. The molecule has 0 aromatic heterocycles. The van der Waals surface area contributed by atoms with Crippen LogP contribution in [0.3, 0.4) is 0 Å². The average Bonchev–Trinajstić information content (AvgIpc) is 1.98. The van der Waals surface area contributed by atoms with Crippen LogP contribution in [0.25, 0.3) is 0 Å². The first-order chi connectivity index (χ1) is 3.72. The van der Waals surface area contributed by atoms with Crippen LogP contribution in [0.4, 0.5) is 0 Å². The lowest BCUT2D eigenvalue weighted by Crippen LogP contribution is -2.14. The van der Waals surface area contributed by atoms with E-state index in [2.05, 4.69) is 0 Å². The minimum Gasteiger partial charge on any atom is -0.290 e. The number of carbonyl (C=O) groups excluding carboxylic acids is 2. The smallest absolute Gasteiger partial charge is 0.211 e. The summed E-state index contributed by atoms with van der Waals surface area (Å²) in [6.45, 7) is 1.76. The highest BCUT2D eigenvalue weighted by Crippen LogP contribution is 2.18. The van der Waals surface area contributed by atoms with Gasteiger partial charge in [0.15, 0.2) is 0 Å². The SMILES string of the molecule is CC1SCC(=O)C1=O.